The van der Waals surface area contributed by atoms with Crippen LogP contribution < -0.4 is 10.6 Å². The SMILES string of the molecule is CC(N)C(=O)N1c2ccccc2CC1C1=Nc2ccccc2C1. The molecule has 4 rings (SSSR count). The van der Waals surface area contributed by atoms with Crippen LogP contribution in [0.25, 0.3) is 0 Å². The highest BCUT2D eigenvalue weighted by Gasteiger charge is 2.38. The molecule has 0 saturated carbocycles. The molecular formula is C19H19N3O. The summed E-state index contributed by atoms with van der Waals surface area (Å²) in [5.74, 6) is -0.0430. The number of nitrogens with zero attached hydrogens (tertiary/aromatic N) is 2. The van der Waals surface area contributed by atoms with Crippen molar-refractivity contribution in [2.24, 2.45) is 10.7 Å². The Morgan fingerprint density at radius 1 is 1.17 bits per heavy atom. The van der Waals surface area contributed by atoms with Gasteiger partial charge in [-0.25, -0.2) is 0 Å². The maximum atomic E-state index is 12.7. The molecule has 0 aromatic heterocycles. The smallest absolute Gasteiger partial charge is 0.244 e. The van der Waals surface area contributed by atoms with Crippen molar-refractivity contribution in [3.05, 3.63) is 59.7 Å². The number of nitrogens with two attached hydrogens (primary N) is 1. The van der Waals surface area contributed by atoms with E-state index in [0.29, 0.717) is 0 Å². The zero-order valence-corrected chi connectivity index (χ0v) is 13.1. The van der Waals surface area contributed by atoms with Gasteiger partial charge in [0.05, 0.1) is 17.8 Å². The zero-order valence-electron chi connectivity index (χ0n) is 13.1. The molecule has 4 heteroatoms. The quantitative estimate of drug-likeness (QED) is 0.927. The molecule has 0 radical (unpaired) electrons. The number of carbonyl (C=O) groups is 1. The van der Waals surface area contributed by atoms with Crippen molar-refractivity contribution >= 4 is 23.0 Å². The highest BCUT2D eigenvalue weighted by Crippen LogP contribution is 2.36. The summed E-state index contributed by atoms with van der Waals surface area (Å²) in [5.41, 5.74) is 11.3. The van der Waals surface area contributed by atoms with Gasteiger partial charge in [0.2, 0.25) is 5.91 Å². The summed E-state index contributed by atoms with van der Waals surface area (Å²) < 4.78 is 0. The first-order valence-corrected chi connectivity index (χ1v) is 7.97. The molecule has 0 aliphatic carbocycles. The molecule has 0 fully saturated rings. The monoisotopic (exact) mass is 305 g/mol. The summed E-state index contributed by atoms with van der Waals surface area (Å²) in [6.07, 6.45) is 1.61. The molecular weight excluding hydrogens is 286 g/mol. The molecule has 0 saturated heterocycles. The van der Waals surface area contributed by atoms with Gasteiger partial charge in [0.1, 0.15) is 0 Å². The third-order valence-electron chi connectivity index (χ3n) is 4.61. The molecule has 1 amide bonds. The number of carbonyl (C=O) groups excluding carboxylic acids is 1. The standard InChI is InChI=1S/C19H19N3O/c1-12(20)19(23)22-17-9-5-3-7-14(17)11-18(22)16-10-13-6-2-4-8-15(13)21-16/h2-9,12,18H,10-11,20H2,1H3. The highest BCUT2D eigenvalue weighted by molar-refractivity contribution is 6.09. The van der Waals surface area contributed by atoms with E-state index in [9.17, 15) is 4.79 Å². The molecule has 23 heavy (non-hydrogen) atoms. The maximum Gasteiger partial charge on any atom is 0.244 e. The van der Waals surface area contributed by atoms with Gasteiger partial charge in [-0.1, -0.05) is 36.4 Å². The van der Waals surface area contributed by atoms with Crippen molar-refractivity contribution in [3.8, 4) is 0 Å². The lowest BCUT2D eigenvalue weighted by Crippen LogP contribution is -2.49. The van der Waals surface area contributed by atoms with E-state index in [1.54, 1.807) is 6.92 Å². The lowest BCUT2D eigenvalue weighted by atomic mass is 10.0. The normalized spacial score (nSPS) is 20.0. The van der Waals surface area contributed by atoms with Gasteiger partial charge in [-0.15, -0.1) is 0 Å². The number of fused-ring (bicyclic) bond motifs is 2. The number of benzene rings is 2. The fourth-order valence-corrected chi connectivity index (χ4v) is 3.50. The van der Waals surface area contributed by atoms with Crippen LogP contribution in [0.3, 0.4) is 0 Å². The van der Waals surface area contributed by atoms with Crippen LogP contribution in [0, 0.1) is 0 Å². The van der Waals surface area contributed by atoms with Crippen LogP contribution in [0.1, 0.15) is 18.1 Å². The van der Waals surface area contributed by atoms with Gasteiger partial charge in [-0.05, 0) is 30.2 Å². The average molecular weight is 305 g/mol. The van der Waals surface area contributed by atoms with Crippen molar-refractivity contribution in [1.82, 2.24) is 0 Å². The van der Waals surface area contributed by atoms with Crippen molar-refractivity contribution < 1.29 is 4.79 Å². The molecule has 2 aliphatic heterocycles. The van der Waals surface area contributed by atoms with E-state index in [2.05, 4.69) is 12.1 Å². The molecule has 2 heterocycles. The van der Waals surface area contributed by atoms with E-state index >= 15 is 0 Å². The van der Waals surface area contributed by atoms with Crippen molar-refractivity contribution in [1.29, 1.82) is 0 Å². The molecule has 2 unspecified atom stereocenters. The molecule has 2 N–H and O–H groups in total. The van der Waals surface area contributed by atoms with Gasteiger partial charge in [-0.3, -0.25) is 9.79 Å². The largest absolute Gasteiger partial charge is 0.320 e. The van der Waals surface area contributed by atoms with Crippen LogP contribution in [-0.2, 0) is 17.6 Å². The maximum absolute atomic E-state index is 12.7. The van der Waals surface area contributed by atoms with E-state index in [1.165, 1.54) is 11.1 Å². The summed E-state index contributed by atoms with van der Waals surface area (Å²) in [5, 5.41) is 0. The Kier molecular flexibility index (Phi) is 3.27. The molecule has 2 aromatic rings. The Labute approximate surface area is 135 Å². The summed E-state index contributed by atoms with van der Waals surface area (Å²) >= 11 is 0. The number of aliphatic imine (C=N–C) groups is 1. The van der Waals surface area contributed by atoms with E-state index < -0.39 is 6.04 Å². The van der Waals surface area contributed by atoms with Crippen molar-refractivity contribution in [2.45, 2.75) is 31.8 Å². The predicted molar refractivity (Wildman–Crippen MR) is 92.3 cm³/mol. The average Bonchev–Trinajstić information content (AvgIpc) is 3.15. The van der Waals surface area contributed by atoms with Gasteiger partial charge in [0.25, 0.3) is 0 Å². The molecule has 2 atom stereocenters. The van der Waals surface area contributed by atoms with Crippen LogP contribution in [-0.4, -0.2) is 23.7 Å². The summed E-state index contributed by atoms with van der Waals surface area (Å²) in [4.78, 5) is 19.3. The number of amides is 1. The van der Waals surface area contributed by atoms with E-state index in [4.69, 9.17) is 10.7 Å². The fraction of sp³-hybridized carbons (Fsp3) is 0.263. The van der Waals surface area contributed by atoms with E-state index in [1.807, 2.05) is 41.3 Å². The molecule has 2 aliphatic rings. The van der Waals surface area contributed by atoms with E-state index in [0.717, 1.165) is 29.9 Å². The number of hydrogen-bond acceptors (Lipinski definition) is 3. The minimum absolute atomic E-state index is 0.0294. The minimum atomic E-state index is -0.520. The van der Waals surface area contributed by atoms with Gasteiger partial charge in [-0.2, -0.15) is 0 Å². The first-order chi connectivity index (χ1) is 11.1. The van der Waals surface area contributed by atoms with E-state index in [-0.39, 0.29) is 11.9 Å². The van der Waals surface area contributed by atoms with Gasteiger partial charge >= 0.3 is 0 Å². The topological polar surface area (TPSA) is 58.7 Å². The number of hydrogen-bond donors (Lipinski definition) is 1. The minimum Gasteiger partial charge on any atom is -0.320 e. The second kappa shape index (κ2) is 5.32. The molecule has 116 valence electrons. The van der Waals surface area contributed by atoms with Gasteiger partial charge < -0.3 is 10.6 Å². The number of anilines is 1. The second-order valence-corrected chi connectivity index (χ2v) is 6.25. The van der Waals surface area contributed by atoms with Gasteiger partial charge in [0, 0.05) is 24.2 Å². The molecule has 4 nitrogen and oxygen atoms in total. The summed E-state index contributed by atoms with van der Waals surface area (Å²) in [7, 11) is 0. The number of para-hydroxylation sites is 2. The number of rotatable bonds is 2. The van der Waals surface area contributed by atoms with Gasteiger partial charge in [0.15, 0.2) is 0 Å². The Hall–Kier alpha value is -2.46. The Morgan fingerprint density at radius 2 is 1.87 bits per heavy atom. The first-order valence-electron chi connectivity index (χ1n) is 7.97. The molecule has 0 bridgehead atoms. The highest BCUT2D eigenvalue weighted by atomic mass is 16.2. The first kappa shape index (κ1) is 14.2. The Bertz CT molecular complexity index is 810. The van der Waals surface area contributed by atoms with Crippen LogP contribution >= 0.6 is 0 Å². The third-order valence-corrected chi connectivity index (χ3v) is 4.61. The summed E-state index contributed by atoms with van der Waals surface area (Å²) in [6.45, 7) is 1.74. The van der Waals surface area contributed by atoms with Crippen LogP contribution in [0.5, 0.6) is 0 Å². The second-order valence-electron chi connectivity index (χ2n) is 6.25. The van der Waals surface area contributed by atoms with Crippen LogP contribution in [0.15, 0.2) is 53.5 Å². The predicted octanol–water partition coefficient (Wildman–Crippen LogP) is 2.62. The summed E-state index contributed by atoms with van der Waals surface area (Å²) in [6, 6.07) is 15.7. The molecule has 0 spiro atoms. The fourth-order valence-electron chi connectivity index (χ4n) is 3.50. The third kappa shape index (κ3) is 2.26. The van der Waals surface area contributed by atoms with Crippen LogP contribution in [0.2, 0.25) is 0 Å². The lowest BCUT2D eigenvalue weighted by molar-refractivity contribution is -0.119. The molecule has 2 aromatic carbocycles. The van der Waals surface area contributed by atoms with Crippen molar-refractivity contribution in [2.75, 3.05) is 4.90 Å². The Balaban J connectivity index is 1.73. The van der Waals surface area contributed by atoms with Crippen LogP contribution in [0.4, 0.5) is 11.4 Å². The zero-order chi connectivity index (χ0) is 16.0. The van der Waals surface area contributed by atoms with Crippen molar-refractivity contribution in [3.63, 3.8) is 0 Å². The Morgan fingerprint density at radius 3 is 2.61 bits per heavy atom. The lowest BCUT2D eigenvalue weighted by Gasteiger charge is -2.27.